The van der Waals surface area contributed by atoms with Crippen LogP contribution in [-0.4, -0.2) is 28.0 Å². The molecule has 2 aromatic rings. The van der Waals surface area contributed by atoms with E-state index in [-0.39, 0.29) is 5.56 Å². The summed E-state index contributed by atoms with van der Waals surface area (Å²) in [6.45, 7) is 0. The predicted octanol–water partition coefficient (Wildman–Crippen LogP) is 2.15. The van der Waals surface area contributed by atoms with Gasteiger partial charge in [-0.25, -0.2) is 15.6 Å². The van der Waals surface area contributed by atoms with Crippen molar-refractivity contribution in [1.29, 1.82) is 0 Å². The lowest BCUT2D eigenvalue weighted by atomic mass is 10.1. The molecule has 3 N–H and O–H groups in total. The van der Waals surface area contributed by atoms with Crippen LogP contribution in [0.15, 0.2) is 59.7 Å². The van der Waals surface area contributed by atoms with Crippen molar-refractivity contribution in [1.82, 2.24) is 16.3 Å². The number of nitro benzene ring substituents is 2. The standard InChI is InChI=1S/C17H14N6O6/c24-16(13-9-14(22(26)27)11-15(10-13)23(28)29)19-21-17(25)20-18-8-4-7-12-5-2-1-3-6-12/h1-11H,(H,19,24)(H2,20,21,25). The Labute approximate surface area is 163 Å². The van der Waals surface area contributed by atoms with Gasteiger partial charge in [0.05, 0.1) is 21.5 Å². The Morgan fingerprint density at radius 1 is 0.931 bits per heavy atom. The number of hydrazine groups is 1. The molecule has 2 aromatic carbocycles. The molecule has 0 fully saturated rings. The van der Waals surface area contributed by atoms with Crippen LogP contribution in [0.4, 0.5) is 16.2 Å². The Kier molecular flexibility index (Phi) is 7.08. The summed E-state index contributed by atoms with van der Waals surface area (Å²) >= 11 is 0. The van der Waals surface area contributed by atoms with Gasteiger partial charge in [0.25, 0.3) is 17.3 Å². The molecule has 0 aliphatic rings. The lowest BCUT2D eigenvalue weighted by Crippen LogP contribution is -2.45. The quantitative estimate of drug-likeness (QED) is 0.382. The van der Waals surface area contributed by atoms with E-state index in [0.717, 1.165) is 17.7 Å². The van der Waals surface area contributed by atoms with Gasteiger partial charge in [0.2, 0.25) is 0 Å². The number of nitrogens with one attached hydrogen (secondary N) is 3. The van der Waals surface area contributed by atoms with Crippen molar-refractivity contribution in [2.45, 2.75) is 0 Å². The molecule has 0 spiro atoms. The number of carbonyl (C=O) groups is 2. The second-order valence-corrected chi connectivity index (χ2v) is 5.32. The van der Waals surface area contributed by atoms with E-state index in [1.807, 2.05) is 41.2 Å². The van der Waals surface area contributed by atoms with E-state index >= 15 is 0 Å². The fourth-order valence-electron chi connectivity index (χ4n) is 2.01. The summed E-state index contributed by atoms with van der Waals surface area (Å²) in [6, 6.07) is 10.8. The highest BCUT2D eigenvalue weighted by Crippen LogP contribution is 2.22. The number of urea groups is 1. The third-order valence-electron chi connectivity index (χ3n) is 3.29. The number of amides is 3. The molecule has 0 aliphatic carbocycles. The van der Waals surface area contributed by atoms with E-state index in [4.69, 9.17) is 0 Å². The molecule has 29 heavy (non-hydrogen) atoms. The highest BCUT2D eigenvalue weighted by molar-refractivity contribution is 5.96. The van der Waals surface area contributed by atoms with Gasteiger partial charge in [0.15, 0.2) is 0 Å². The molecule has 0 atom stereocenters. The number of hydrazone groups is 1. The predicted molar refractivity (Wildman–Crippen MR) is 103 cm³/mol. The molecule has 0 radical (unpaired) electrons. The minimum Gasteiger partial charge on any atom is -0.267 e. The molecule has 0 aliphatic heterocycles. The first-order chi connectivity index (χ1) is 13.9. The van der Waals surface area contributed by atoms with Crippen LogP contribution in [0.5, 0.6) is 0 Å². The lowest BCUT2D eigenvalue weighted by molar-refractivity contribution is -0.394. The number of nitro groups is 2. The van der Waals surface area contributed by atoms with Gasteiger partial charge in [-0.2, -0.15) is 5.10 Å². The average Bonchev–Trinajstić information content (AvgIpc) is 2.72. The van der Waals surface area contributed by atoms with E-state index in [1.165, 1.54) is 6.21 Å². The number of allylic oxidation sites excluding steroid dienone is 1. The number of non-ortho nitro benzene ring substituents is 2. The van der Waals surface area contributed by atoms with Gasteiger partial charge in [0.1, 0.15) is 0 Å². The molecule has 0 heterocycles. The first-order valence-electron chi connectivity index (χ1n) is 7.92. The first kappa shape index (κ1) is 20.7. The van der Waals surface area contributed by atoms with E-state index in [9.17, 15) is 29.8 Å². The summed E-state index contributed by atoms with van der Waals surface area (Å²) in [5, 5.41) is 25.3. The van der Waals surface area contributed by atoms with Crippen LogP contribution in [0, 0.1) is 20.2 Å². The second-order valence-electron chi connectivity index (χ2n) is 5.32. The molecule has 0 unspecified atom stereocenters. The first-order valence-corrected chi connectivity index (χ1v) is 7.92. The maximum Gasteiger partial charge on any atom is 0.353 e. The summed E-state index contributed by atoms with van der Waals surface area (Å²) in [5.41, 5.74) is 5.28. The van der Waals surface area contributed by atoms with Crippen LogP contribution < -0.4 is 16.3 Å². The SMILES string of the molecule is O=C(NN=CC=Cc1ccccc1)NNC(=O)c1cc([N+](=O)[O-])cc([N+](=O)[O-])c1. The van der Waals surface area contributed by atoms with Gasteiger partial charge in [-0.1, -0.05) is 36.4 Å². The van der Waals surface area contributed by atoms with Gasteiger partial charge >= 0.3 is 6.03 Å². The Morgan fingerprint density at radius 2 is 1.55 bits per heavy atom. The summed E-state index contributed by atoms with van der Waals surface area (Å²) in [4.78, 5) is 43.5. The molecule has 3 amide bonds. The summed E-state index contributed by atoms with van der Waals surface area (Å²) in [7, 11) is 0. The second kappa shape index (κ2) is 9.91. The molecule has 0 bridgehead atoms. The van der Waals surface area contributed by atoms with Gasteiger partial charge in [0, 0.05) is 18.3 Å². The topological polar surface area (TPSA) is 169 Å². The Hall–Kier alpha value is -4.61. The summed E-state index contributed by atoms with van der Waals surface area (Å²) in [5.74, 6) is -0.986. The fraction of sp³-hybridized carbons (Fsp3) is 0. The van der Waals surface area contributed by atoms with Gasteiger partial charge < -0.3 is 0 Å². The van der Waals surface area contributed by atoms with Gasteiger partial charge in [-0.15, -0.1) is 0 Å². The number of benzene rings is 2. The average molecular weight is 398 g/mol. The highest BCUT2D eigenvalue weighted by Gasteiger charge is 2.20. The van der Waals surface area contributed by atoms with Gasteiger partial charge in [-0.3, -0.25) is 30.4 Å². The number of hydrogen-bond donors (Lipinski definition) is 3. The molecule has 2 rings (SSSR count). The number of nitrogens with zero attached hydrogens (tertiary/aromatic N) is 3. The fourth-order valence-corrected chi connectivity index (χ4v) is 2.01. The van der Waals surface area contributed by atoms with Crippen molar-refractivity contribution in [3.63, 3.8) is 0 Å². The van der Waals surface area contributed by atoms with Crippen molar-refractivity contribution >= 4 is 35.6 Å². The zero-order valence-corrected chi connectivity index (χ0v) is 14.6. The van der Waals surface area contributed by atoms with E-state index in [2.05, 4.69) is 10.5 Å². The molecule has 0 aromatic heterocycles. The third kappa shape index (κ3) is 6.56. The molecule has 0 saturated carbocycles. The van der Waals surface area contributed by atoms with Crippen molar-refractivity contribution in [3.8, 4) is 0 Å². The molecular formula is C17H14N6O6. The Morgan fingerprint density at radius 3 is 2.14 bits per heavy atom. The number of carbonyl (C=O) groups excluding carboxylic acids is 2. The van der Waals surface area contributed by atoms with E-state index in [0.29, 0.717) is 6.07 Å². The summed E-state index contributed by atoms with van der Waals surface area (Å²) < 4.78 is 0. The minimum atomic E-state index is -0.986. The number of hydrogen-bond acceptors (Lipinski definition) is 7. The highest BCUT2D eigenvalue weighted by atomic mass is 16.6. The number of rotatable bonds is 6. The smallest absolute Gasteiger partial charge is 0.267 e. The Balaban J connectivity index is 1.89. The normalized spacial score (nSPS) is 10.6. The zero-order valence-electron chi connectivity index (χ0n) is 14.6. The maximum absolute atomic E-state index is 12.0. The largest absolute Gasteiger partial charge is 0.353 e. The van der Waals surface area contributed by atoms with Crippen LogP contribution >= 0.6 is 0 Å². The molecule has 12 nitrogen and oxygen atoms in total. The van der Waals surface area contributed by atoms with Crippen LogP contribution in [0.3, 0.4) is 0 Å². The molecular weight excluding hydrogens is 384 g/mol. The Bertz CT molecular complexity index is 957. The van der Waals surface area contributed by atoms with Crippen molar-refractivity contribution < 1.29 is 19.4 Å². The van der Waals surface area contributed by atoms with E-state index in [1.54, 1.807) is 12.2 Å². The van der Waals surface area contributed by atoms with Crippen LogP contribution in [0.2, 0.25) is 0 Å². The van der Waals surface area contributed by atoms with Gasteiger partial charge in [-0.05, 0) is 11.6 Å². The lowest BCUT2D eigenvalue weighted by Gasteiger charge is -2.06. The van der Waals surface area contributed by atoms with Crippen molar-refractivity contribution in [2.75, 3.05) is 0 Å². The maximum atomic E-state index is 12.0. The minimum absolute atomic E-state index is 0.375. The van der Waals surface area contributed by atoms with Crippen molar-refractivity contribution in [3.05, 3.63) is 86.0 Å². The van der Waals surface area contributed by atoms with Crippen LogP contribution in [0.1, 0.15) is 15.9 Å². The molecule has 0 saturated heterocycles. The molecule has 148 valence electrons. The van der Waals surface area contributed by atoms with Crippen molar-refractivity contribution in [2.24, 2.45) is 5.10 Å². The summed E-state index contributed by atoms with van der Waals surface area (Å²) in [6.07, 6.45) is 4.63. The van der Waals surface area contributed by atoms with E-state index < -0.39 is 33.2 Å². The van der Waals surface area contributed by atoms with Crippen LogP contribution in [0.25, 0.3) is 6.08 Å². The molecule has 12 heteroatoms. The monoisotopic (exact) mass is 398 g/mol. The zero-order chi connectivity index (χ0) is 21.2. The van der Waals surface area contributed by atoms with Crippen LogP contribution in [-0.2, 0) is 0 Å². The third-order valence-corrected chi connectivity index (χ3v) is 3.29.